The van der Waals surface area contributed by atoms with Gasteiger partial charge in [-0.15, -0.1) is 0 Å². The summed E-state index contributed by atoms with van der Waals surface area (Å²) < 4.78 is 6.52. The van der Waals surface area contributed by atoms with Crippen molar-refractivity contribution in [3.05, 3.63) is 106 Å². The molecule has 1 aliphatic carbocycles. The molecule has 3 atom stereocenters. The Bertz CT molecular complexity index is 2510. The predicted molar refractivity (Wildman–Crippen MR) is 209 cm³/mol. The maximum Gasteiger partial charge on any atom is 0.307 e. The normalized spacial score (nSPS) is 20.1. The Kier molecular flexibility index (Phi) is 8.83. The van der Waals surface area contributed by atoms with E-state index >= 15 is 0 Å². The molecule has 11 heteroatoms. The Hall–Kier alpha value is -5.31. The van der Waals surface area contributed by atoms with Crippen LogP contribution in [0.25, 0.3) is 44.3 Å². The number of hydrogen-bond donors (Lipinski definition) is 3. The number of aliphatic hydroxyl groups is 1. The lowest BCUT2D eigenvalue weighted by molar-refractivity contribution is -0.141. The van der Waals surface area contributed by atoms with Crippen LogP contribution in [-0.2, 0) is 17.8 Å². The van der Waals surface area contributed by atoms with Crippen molar-refractivity contribution < 1.29 is 19.4 Å². The molecule has 3 aromatic carbocycles. The van der Waals surface area contributed by atoms with E-state index < -0.39 is 5.97 Å². The summed E-state index contributed by atoms with van der Waals surface area (Å²) in [6.45, 7) is 5.62. The molecule has 2 fully saturated rings. The summed E-state index contributed by atoms with van der Waals surface area (Å²) in [5.74, 6) is 0.188. The molecule has 3 N–H and O–H groups in total. The van der Waals surface area contributed by atoms with Gasteiger partial charge in [0.15, 0.2) is 11.4 Å². The van der Waals surface area contributed by atoms with Gasteiger partial charge in [0, 0.05) is 66.5 Å². The highest BCUT2D eigenvalue weighted by molar-refractivity contribution is 6.36. The lowest BCUT2D eigenvalue weighted by Crippen LogP contribution is -2.26. The van der Waals surface area contributed by atoms with Crippen LogP contribution < -0.4 is 5.32 Å². The molecule has 5 heterocycles. The number of likely N-dealkylation sites (tertiary alicyclic amines) is 2. The smallest absolute Gasteiger partial charge is 0.307 e. The topological polar surface area (TPSA) is 139 Å². The molecule has 3 aliphatic rings. The standard InChI is InChI=1S/C43H39ClN6O4/c1-24-30(33-6-3-7-36(39(33)44)48-42-40-26(10-13-46-42)16-25(20-47-40)21-49-14-12-29(51)23-49)4-2-5-31(24)38-18-28-17-34-32(35(19-45)41(28)54-38)8-9-37(34)50-15-11-27(22-50)43(52)53/h2-7,10,13,16-18,20,27,29,37,51H,8-9,11-12,14-15,21-23H2,1H3,(H,46,48)(H,52,53)/t27-,29-,37-/m1/s1. The highest BCUT2D eigenvalue weighted by Gasteiger charge is 2.37. The van der Waals surface area contributed by atoms with Gasteiger partial charge in [-0.2, -0.15) is 5.26 Å². The quantitative estimate of drug-likeness (QED) is 0.140. The van der Waals surface area contributed by atoms with Gasteiger partial charge in [0.1, 0.15) is 17.3 Å². The molecule has 0 amide bonds. The van der Waals surface area contributed by atoms with Gasteiger partial charge in [-0.25, -0.2) is 4.98 Å². The first-order chi connectivity index (χ1) is 26.2. The second kappa shape index (κ2) is 13.8. The summed E-state index contributed by atoms with van der Waals surface area (Å²) in [7, 11) is 0. The third-order valence-corrected chi connectivity index (χ3v) is 12.0. The van der Waals surface area contributed by atoms with E-state index in [2.05, 4.69) is 45.2 Å². The van der Waals surface area contributed by atoms with Gasteiger partial charge in [-0.1, -0.05) is 41.9 Å². The molecule has 0 saturated carbocycles. The van der Waals surface area contributed by atoms with Crippen LogP contribution in [-0.4, -0.2) is 68.2 Å². The minimum atomic E-state index is -0.741. The van der Waals surface area contributed by atoms with Gasteiger partial charge in [0.25, 0.3) is 0 Å². The van der Waals surface area contributed by atoms with Crippen molar-refractivity contribution in [1.82, 2.24) is 19.8 Å². The second-order valence-electron chi connectivity index (χ2n) is 14.9. The summed E-state index contributed by atoms with van der Waals surface area (Å²) >= 11 is 7.17. The molecule has 3 aromatic heterocycles. The van der Waals surface area contributed by atoms with Gasteiger partial charge < -0.3 is 19.9 Å². The molecular weight excluding hydrogens is 700 g/mol. The van der Waals surface area contributed by atoms with Crippen LogP contribution in [0.4, 0.5) is 11.5 Å². The number of aliphatic carboxylic acids is 1. The first kappa shape index (κ1) is 34.5. The number of halogens is 1. The zero-order chi connectivity index (χ0) is 37.1. The Labute approximate surface area is 317 Å². The van der Waals surface area contributed by atoms with E-state index in [0.29, 0.717) is 52.9 Å². The largest absolute Gasteiger partial charge is 0.481 e. The Morgan fingerprint density at radius 1 is 1.02 bits per heavy atom. The minimum Gasteiger partial charge on any atom is -0.481 e. The molecule has 2 saturated heterocycles. The van der Waals surface area contributed by atoms with Crippen LogP contribution in [0.1, 0.15) is 53.1 Å². The number of carbonyl (C=O) groups is 1. The van der Waals surface area contributed by atoms with Crippen LogP contribution in [0.15, 0.2) is 77.5 Å². The van der Waals surface area contributed by atoms with Crippen molar-refractivity contribution >= 4 is 50.9 Å². The van der Waals surface area contributed by atoms with Crippen molar-refractivity contribution in [1.29, 1.82) is 5.26 Å². The number of pyridine rings is 2. The summed E-state index contributed by atoms with van der Waals surface area (Å²) in [5, 5.41) is 35.7. The minimum absolute atomic E-state index is 0.0974. The first-order valence-corrected chi connectivity index (χ1v) is 18.9. The van der Waals surface area contributed by atoms with E-state index in [4.69, 9.17) is 21.0 Å². The molecule has 6 aromatic rings. The van der Waals surface area contributed by atoms with E-state index in [1.54, 1.807) is 6.20 Å². The number of fused-ring (bicyclic) bond motifs is 3. The number of aliphatic hydroxyl groups excluding tert-OH is 1. The Morgan fingerprint density at radius 2 is 1.85 bits per heavy atom. The molecule has 0 spiro atoms. The van der Waals surface area contributed by atoms with E-state index in [1.807, 2.05) is 54.7 Å². The van der Waals surface area contributed by atoms with Crippen molar-refractivity contribution in [2.45, 2.75) is 51.3 Å². The highest BCUT2D eigenvalue weighted by atomic mass is 35.5. The van der Waals surface area contributed by atoms with Crippen LogP contribution in [0, 0.1) is 24.2 Å². The average molecular weight is 739 g/mol. The van der Waals surface area contributed by atoms with E-state index in [1.165, 1.54) is 0 Å². The summed E-state index contributed by atoms with van der Waals surface area (Å²) in [6.07, 6.45) is 6.45. The molecule has 0 unspecified atom stereocenters. The van der Waals surface area contributed by atoms with Crippen LogP contribution in [0.3, 0.4) is 0 Å². The molecule has 272 valence electrons. The Balaban J connectivity index is 1.01. The predicted octanol–water partition coefficient (Wildman–Crippen LogP) is 8.25. The Morgan fingerprint density at radius 3 is 2.65 bits per heavy atom. The first-order valence-electron chi connectivity index (χ1n) is 18.5. The number of rotatable bonds is 8. The van der Waals surface area contributed by atoms with Gasteiger partial charge in [-0.05, 0) is 97.3 Å². The van der Waals surface area contributed by atoms with Gasteiger partial charge in [-0.3, -0.25) is 19.6 Å². The number of anilines is 2. The van der Waals surface area contributed by atoms with E-state index in [0.717, 1.165) is 94.1 Å². The summed E-state index contributed by atoms with van der Waals surface area (Å²) in [6, 6.07) is 22.7. The van der Waals surface area contributed by atoms with Crippen molar-refractivity contribution in [3.8, 4) is 28.5 Å². The number of carboxylic acid groups (broad SMARTS) is 1. The fourth-order valence-corrected chi connectivity index (χ4v) is 9.08. The van der Waals surface area contributed by atoms with Gasteiger partial charge in [0.05, 0.1) is 28.3 Å². The molecule has 10 nitrogen and oxygen atoms in total. The second-order valence-corrected chi connectivity index (χ2v) is 15.2. The number of hydrogen-bond acceptors (Lipinski definition) is 9. The summed E-state index contributed by atoms with van der Waals surface area (Å²) in [5.41, 5.74) is 9.50. The highest BCUT2D eigenvalue weighted by Crippen LogP contribution is 2.45. The van der Waals surface area contributed by atoms with Crippen LogP contribution in [0.5, 0.6) is 0 Å². The lowest BCUT2D eigenvalue weighted by Gasteiger charge is -2.24. The van der Waals surface area contributed by atoms with Crippen molar-refractivity contribution in [2.24, 2.45) is 5.92 Å². The maximum absolute atomic E-state index is 11.7. The number of nitriles is 1. The third kappa shape index (κ3) is 6.07. The number of nitrogens with zero attached hydrogens (tertiary/aromatic N) is 5. The molecular formula is C43H39ClN6O4. The van der Waals surface area contributed by atoms with E-state index in [9.17, 15) is 20.3 Å². The van der Waals surface area contributed by atoms with Gasteiger partial charge in [0.2, 0.25) is 0 Å². The number of furan rings is 1. The average Bonchev–Trinajstić information content (AvgIpc) is 3.99. The van der Waals surface area contributed by atoms with E-state index in [-0.39, 0.29) is 18.1 Å². The maximum atomic E-state index is 11.7. The zero-order valence-corrected chi connectivity index (χ0v) is 30.6. The summed E-state index contributed by atoms with van der Waals surface area (Å²) in [4.78, 5) is 25.6. The number of benzene rings is 3. The monoisotopic (exact) mass is 738 g/mol. The van der Waals surface area contributed by atoms with Crippen LogP contribution in [0.2, 0.25) is 5.02 Å². The molecule has 2 aliphatic heterocycles. The van der Waals surface area contributed by atoms with Gasteiger partial charge >= 0.3 is 5.97 Å². The fourth-order valence-electron chi connectivity index (χ4n) is 8.81. The number of nitrogens with one attached hydrogen (secondary N) is 1. The zero-order valence-electron chi connectivity index (χ0n) is 29.8. The number of β-amino-alcohol motifs (C(OH)–C–C–N with tert-alkyl or cyclic N) is 1. The third-order valence-electron chi connectivity index (χ3n) is 11.5. The van der Waals surface area contributed by atoms with Crippen molar-refractivity contribution in [3.63, 3.8) is 0 Å². The molecule has 0 radical (unpaired) electrons. The fraction of sp³-hybridized carbons (Fsp3) is 0.302. The molecule has 0 bridgehead atoms. The SMILES string of the molecule is Cc1c(-c2cc3cc4c(c(C#N)c3o2)CC[C@H]4N2CC[C@@H](C(=O)O)C2)cccc1-c1cccc(Nc2nccc3cc(CN4CC[C@@H](O)C4)cnc23)c1Cl. The lowest BCUT2D eigenvalue weighted by atomic mass is 9.94. The van der Waals surface area contributed by atoms with Crippen LogP contribution >= 0.6 is 11.6 Å². The number of carboxylic acids is 1. The number of aromatic nitrogens is 2. The molecule has 9 rings (SSSR count). The van der Waals surface area contributed by atoms with Crippen molar-refractivity contribution in [2.75, 3.05) is 31.5 Å². The molecule has 54 heavy (non-hydrogen) atoms.